The van der Waals surface area contributed by atoms with E-state index in [1.165, 1.54) is 0 Å². The lowest BCUT2D eigenvalue weighted by Gasteiger charge is -2.37. The van der Waals surface area contributed by atoms with Gasteiger partial charge in [-0.15, -0.1) is 0 Å². The highest BCUT2D eigenvalue weighted by Crippen LogP contribution is 2.21. The molecule has 0 saturated carbocycles. The van der Waals surface area contributed by atoms with E-state index in [9.17, 15) is 9.59 Å². The van der Waals surface area contributed by atoms with Crippen LogP contribution in [0.15, 0.2) is 0 Å². The predicted molar refractivity (Wildman–Crippen MR) is 86.4 cm³/mol. The van der Waals surface area contributed by atoms with Crippen LogP contribution >= 0.6 is 0 Å². The number of nitrogens with zero attached hydrogens (tertiary/aromatic N) is 2. The highest BCUT2D eigenvalue weighted by molar-refractivity contribution is 5.78. The molecule has 1 aliphatic rings. The number of nitrogens with two attached hydrogens (primary N) is 1. The fraction of sp³-hybridized carbons (Fsp3) is 0.875. The Morgan fingerprint density at radius 3 is 2.50 bits per heavy atom. The molecule has 0 aliphatic carbocycles. The van der Waals surface area contributed by atoms with Gasteiger partial charge in [0.15, 0.2) is 0 Å². The highest BCUT2D eigenvalue weighted by atomic mass is 16.6. The minimum atomic E-state index is -0.483. The van der Waals surface area contributed by atoms with E-state index >= 15 is 0 Å². The van der Waals surface area contributed by atoms with Crippen molar-refractivity contribution in [2.24, 2.45) is 11.7 Å². The largest absolute Gasteiger partial charge is 0.444 e. The molecule has 6 heteroatoms. The van der Waals surface area contributed by atoms with E-state index in [-0.39, 0.29) is 30.5 Å². The molecule has 0 bridgehead atoms. The third-order valence-electron chi connectivity index (χ3n) is 3.74. The molecule has 1 fully saturated rings. The minimum Gasteiger partial charge on any atom is -0.444 e. The Labute approximate surface area is 134 Å². The molecule has 6 nitrogen and oxygen atoms in total. The van der Waals surface area contributed by atoms with Crippen LogP contribution in [0.1, 0.15) is 47.5 Å². The summed E-state index contributed by atoms with van der Waals surface area (Å²) >= 11 is 0. The van der Waals surface area contributed by atoms with Gasteiger partial charge in [-0.1, -0.05) is 0 Å². The van der Waals surface area contributed by atoms with Gasteiger partial charge in [-0.25, -0.2) is 4.79 Å². The summed E-state index contributed by atoms with van der Waals surface area (Å²) in [4.78, 5) is 27.7. The second-order valence-corrected chi connectivity index (χ2v) is 7.28. The number of piperidine rings is 1. The van der Waals surface area contributed by atoms with Gasteiger partial charge in [0.25, 0.3) is 0 Å². The van der Waals surface area contributed by atoms with Crippen LogP contribution in [0, 0.1) is 5.92 Å². The van der Waals surface area contributed by atoms with E-state index in [0.717, 1.165) is 19.4 Å². The zero-order chi connectivity index (χ0) is 16.9. The number of ether oxygens (including phenoxy) is 1. The van der Waals surface area contributed by atoms with Gasteiger partial charge >= 0.3 is 6.09 Å². The van der Waals surface area contributed by atoms with Gasteiger partial charge in [-0.2, -0.15) is 0 Å². The van der Waals surface area contributed by atoms with Crippen molar-refractivity contribution in [3.63, 3.8) is 0 Å². The Balaban J connectivity index is 2.62. The fourth-order valence-corrected chi connectivity index (χ4v) is 2.70. The summed E-state index contributed by atoms with van der Waals surface area (Å²) in [7, 11) is 0. The van der Waals surface area contributed by atoms with Crippen molar-refractivity contribution < 1.29 is 14.3 Å². The number of carbonyl (C=O) groups excluding carboxylic acids is 2. The first-order chi connectivity index (χ1) is 10.1. The van der Waals surface area contributed by atoms with E-state index in [2.05, 4.69) is 0 Å². The molecule has 2 N–H and O–H groups in total. The number of carbonyl (C=O) groups is 2. The monoisotopic (exact) mass is 313 g/mol. The molecule has 0 radical (unpaired) electrons. The van der Waals surface area contributed by atoms with Crippen LogP contribution in [0.5, 0.6) is 0 Å². The lowest BCUT2D eigenvalue weighted by Crippen LogP contribution is -2.49. The number of hydrogen-bond acceptors (Lipinski definition) is 4. The average Bonchev–Trinajstić information content (AvgIpc) is 2.42. The maximum absolute atomic E-state index is 12.2. The molecule has 1 saturated heterocycles. The smallest absolute Gasteiger partial charge is 0.410 e. The van der Waals surface area contributed by atoms with E-state index in [1.807, 2.05) is 39.5 Å². The number of hydrogen-bond donors (Lipinski definition) is 1. The summed E-state index contributed by atoms with van der Waals surface area (Å²) in [5.41, 5.74) is 5.00. The van der Waals surface area contributed by atoms with Crippen molar-refractivity contribution in [2.75, 3.05) is 26.2 Å². The normalized spacial score (nSPS) is 19.2. The van der Waals surface area contributed by atoms with Gasteiger partial charge in [0.05, 0.1) is 6.54 Å². The summed E-state index contributed by atoms with van der Waals surface area (Å²) in [6.45, 7) is 11.6. The molecule has 0 aromatic heterocycles. The Kier molecular flexibility index (Phi) is 6.66. The molecule has 22 heavy (non-hydrogen) atoms. The summed E-state index contributed by atoms with van der Waals surface area (Å²) < 4.78 is 5.43. The van der Waals surface area contributed by atoms with Gasteiger partial charge in [-0.3, -0.25) is 4.79 Å². The number of rotatable bonds is 4. The van der Waals surface area contributed by atoms with E-state index < -0.39 is 5.60 Å². The van der Waals surface area contributed by atoms with Crippen LogP contribution in [0.25, 0.3) is 0 Å². The average molecular weight is 313 g/mol. The standard InChI is InChI=1S/C16H31N3O3/c1-12(2)19(14(20)9-17)11-13-7-6-8-18(10-13)15(21)22-16(3,4)5/h12-13H,6-11,17H2,1-5H3/t13-/m0/s1. The number of amides is 2. The fourth-order valence-electron chi connectivity index (χ4n) is 2.70. The minimum absolute atomic E-state index is 0.0285. The molecule has 2 amide bonds. The van der Waals surface area contributed by atoms with E-state index in [0.29, 0.717) is 13.1 Å². The lowest BCUT2D eigenvalue weighted by atomic mass is 9.97. The molecule has 1 rings (SSSR count). The maximum Gasteiger partial charge on any atom is 0.410 e. The maximum atomic E-state index is 12.2. The van der Waals surface area contributed by atoms with Crippen LogP contribution in [0.4, 0.5) is 4.79 Å². The molecule has 1 atom stereocenters. The van der Waals surface area contributed by atoms with Crippen LogP contribution in [-0.2, 0) is 9.53 Å². The Morgan fingerprint density at radius 2 is 2.00 bits per heavy atom. The molecular weight excluding hydrogens is 282 g/mol. The summed E-state index contributed by atoms with van der Waals surface area (Å²) in [6.07, 6.45) is 1.69. The van der Waals surface area contributed by atoms with Crippen LogP contribution < -0.4 is 5.73 Å². The van der Waals surface area contributed by atoms with E-state index in [4.69, 9.17) is 10.5 Å². The van der Waals surface area contributed by atoms with Gasteiger partial charge in [0, 0.05) is 25.7 Å². The van der Waals surface area contributed by atoms with Crippen LogP contribution in [0.2, 0.25) is 0 Å². The first kappa shape index (κ1) is 18.7. The van der Waals surface area contributed by atoms with Crippen LogP contribution in [-0.4, -0.2) is 59.6 Å². The van der Waals surface area contributed by atoms with Gasteiger partial charge in [-0.05, 0) is 53.4 Å². The summed E-state index contributed by atoms with van der Waals surface area (Å²) in [6, 6.07) is 0.118. The van der Waals surface area contributed by atoms with Crippen LogP contribution in [0.3, 0.4) is 0 Å². The van der Waals surface area contributed by atoms with Gasteiger partial charge in [0.1, 0.15) is 5.60 Å². The summed E-state index contributed by atoms with van der Waals surface area (Å²) in [5.74, 6) is 0.239. The van der Waals surface area contributed by atoms with Crippen molar-refractivity contribution in [1.29, 1.82) is 0 Å². The summed E-state index contributed by atoms with van der Waals surface area (Å²) in [5, 5.41) is 0. The Morgan fingerprint density at radius 1 is 1.36 bits per heavy atom. The van der Waals surface area contributed by atoms with Crippen molar-refractivity contribution in [3.05, 3.63) is 0 Å². The topological polar surface area (TPSA) is 75.9 Å². The molecule has 0 unspecified atom stereocenters. The van der Waals surface area contributed by atoms with Gasteiger partial charge < -0.3 is 20.3 Å². The molecule has 1 heterocycles. The highest BCUT2D eigenvalue weighted by Gasteiger charge is 2.29. The zero-order valence-electron chi connectivity index (χ0n) is 14.6. The van der Waals surface area contributed by atoms with Crippen molar-refractivity contribution in [3.8, 4) is 0 Å². The second kappa shape index (κ2) is 7.81. The van der Waals surface area contributed by atoms with Crippen molar-refractivity contribution in [2.45, 2.75) is 59.1 Å². The zero-order valence-corrected chi connectivity index (χ0v) is 14.6. The first-order valence-electron chi connectivity index (χ1n) is 8.11. The third kappa shape index (κ3) is 5.83. The molecule has 128 valence electrons. The molecule has 1 aliphatic heterocycles. The third-order valence-corrected chi connectivity index (χ3v) is 3.74. The Hall–Kier alpha value is -1.30. The SMILES string of the molecule is CC(C)N(C[C@H]1CCCN(C(=O)OC(C)(C)C)C1)C(=O)CN. The van der Waals surface area contributed by atoms with Crippen molar-refractivity contribution >= 4 is 12.0 Å². The molecule has 0 aromatic rings. The molecule has 0 spiro atoms. The quantitative estimate of drug-likeness (QED) is 0.859. The first-order valence-corrected chi connectivity index (χ1v) is 8.11. The molecule has 0 aromatic carbocycles. The molecular formula is C16H31N3O3. The Bertz CT molecular complexity index is 391. The lowest BCUT2D eigenvalue weighted by molar-refractivity contribution is -0.132. The predicted octanol–water partition coefficient (Wildman–Crippen LogP) is 1.83. The van der Waals surface area contributed by atoms with Crippen molar-refractivity contribution in [1.82, 2.24) is 9.80 Å². The number of likely N-dealkylation sites (tertiary alicyclic amines) is 1. The van der Waals surface area contributed by atoms with E-state index in [1.54, 1.807) is 4.90 Å². The second-order valence-electron chi connectivity index (χ2n) is 7.28. The van der Waals surface area contributed by atoms with Gasteiger partial charge in [0.2, 0.25) is 5.91 Å².